The Morgan fingerprint density at radius 1 is 0.772 bits per heavy atom. The summed E-state index contributed by atoms with van der Waals surface area (Å²) < 4.78 is 32.8. The van der Waals surface area contributed by atoms with Crippen LogP contribution in [0.1, 0.15) is 142 Å². The fourth-order valence-electron chi connectivity index (χ4n) is 5.41. The Kier molecular flexibility index (Phi) is 36.4. The number of hydrogen-bond donors (Lipinski definition) is 5. The van der Waals surface area contributed by atoms with E-state index in [9.17, 15) is 28.9 Å². The number of thioether (sulfide) groups is 1. The van der Waals surface area contributed by atoms with E-state index in [1.807, 2.05) is 24.3 Å². The van der Waals surface area contributed by atoms with Crippen LogP contribution in [0.5, 0.6) is 0 Å². The lowest BCUT2D eigenvalue weighted by molar-refractivity contribution is -0.161. The van der Waals surface area contributed by atoms with Crippen LogP contribution >= 0.6 is 19.6 Å². The Morgan fingerprint density at radius 2 is 1.40 bits per heavy atom. The van der Waals surface area contributed by atoms with Gasteiger partial charge in [0.1, 0.15) is 12.6 Å². The van der Waals surface area contributed by atoms with Crippen molar-refractivity contribution in [2.75, 3.05) is 32.1 Å². The van der Waals surface area contributed by atoms with Gasteiger partial charge >= 0.3 is 25.7 Å². The van der Waals surface area contributed by atoms with E-state index in [2.05, 4.69) is 26.0 Å². The molecule has 0 spiro atoms. The summed E-state index contributed by atoms with van der Waals surface area (Å²) >= 11 is 1.20. The second-order valence-corrected chi connectivity index (χ2v) is 16.7. The fourth-order valence-corrected chi connectivity index (χ4v) is 7.30. The lowest BCUT2D eigenvalue weighted by atomic mass is 10.1. The molecule has 0 aromatic heterocycles. The van der Waals surface area contributed by atoms with Crippen LogP contribution in [-0.2, 0) is 37.5 Å². The average molecular weight is 847 g/mol. The van der Waals surface area contributed by atoms with Gasteiger partial charge in [-0.3, -0.25) is 23.4 Å². The van der Waals surface area contributed by atoms with E-state index >= 15 is 0 Å². The zero-order chi connectivity index (χ0) is 42.4. The highest BCUT2D eigenvalue weighted by Gasteiger charge is 2.28. The fraction of sp³-hybridized carbons (Fsp3) is 0.738. The molecule has 57 heavy (non-hydrogen) atoms. The van der Waals surface area contributed by atoms with E-state index in [1.54, 1.807) is 12.2 Å². The second-order valence-electron chi connectivity index (χ2n) is 14.1. The normalized spacial score (nSPS) is 15.3. The van der Waals surface area contributed by atoms with E-state index in [4.69, 9.17) is 35.1 Å². The lowest BCUT2D eigenvalue weighted by Gasteiger charge is -2.23. The van der Waals surface area contributed by atoms with Gasteiger partial charge in [-0.15, -0.1) is 11.8 Å². The first kappa shape index (κ1) is 54.7. The van der Waals surface area contributed by atoms with Crippen molar-refractivity contribution in [3.05, 3.63) is 48.6 Å². The number of nitrogens with two attached hydrogens (primary N) is 2. The molecule has 0 aliphatic rings. The van der Waals surface area contributed by atoms with Gasteiger partial charge in [0.05, 0.1) is 19.3 Å². The number of carboxylic acid groups (broad SMARTS) is 1. The standard InChI is InChI=1S/C42H75N2O11PS/c1-3-5-7-9-11-13-15-17-18-20-22-24-28-39(38(45)27-26-29-40(46)47)57-35-37(44)42(49)55-36(34-54-56(50,51)53-32-31-43)33-52-41(48)30-25-23-21-19-16-14-12-10-8-6-4-2/h11,13,17-18,20,22,24,28,36-39,45H,3-10,12,14-16,19,21,23,25-27,29-35,43-44H2,1-2H3,(H,46,47)(H,50,51)/b13-11-,18-17-,22-20+,28-24+/t36-,37+,38+,39-/m1/s1. The van der Waals surface area contributed by atoms with Gasteiger partial charge < -0.3 is 36.0 Å². The van der Waals surface area contributed by atoms with Crippen molar-refractivity contribution in [3.63, 3.8) is 0 Å². The zero-order valence-electron chi connectivity index (χ0n) is 34.7. The molecule has 330 valence electrons. The number of aliphatic hydroxyl groups is 1. The molecule has 0 saturated carbocycles. The van der Waals surface area contributed by atoms with Crippen molar-refractivity contribution in [2.45, 2.75) is 166 Å². The highest BCUT2D eigenvalue weighted by molar-refractivity contribution is 8.00. The summed E-state index contributed by atoms with van der Waals surface area (Å²) in [5, 5.41) is 19.4. The van der Waals surface area contributed by atoms with Crippen molar-refractivity contribution in [3.8, 4) is 0 Å². The Bertz CT molecular complexity index is 1200. The maximum atomic E-state index is 13.1. The molecular formula is C42H75N2O11PS. The van der Waals surface area contributed by atoms with Gasteiger partial charge in [0.25, 0.3) is 0 Å². The molecule has 0 aliphatic heterocycles. The van der Waals surface area contributed by atoms with Crippen molar-refractivity contribution in [1.29, 1.82) is 0 Å². The minimum absolute atomic E-state index is 0.0162. The largest absolute Gasteiger partial charge is 0.481 e. The van der Waals surface area contributed by atoms with Gasteiger partial charge in [-0.25, -0.2) is 4.57 Å². The van der Waals surface area contributed by atoms with Gasteiger partial charge in [0.15, 0.2) is 6.10 Å². The predicted octanol–water partition coefficient (Wildman–Crippen LogP) is 8.47. The number of carbonyl (C=O) groups excluding carboxylic acids is 2. The number of rotatable bonds is 39. The van der Waals surface area contributed by atoms with Crippen molar-refractivity contribution < 1.29 is 52.6 Å². The van der Waals surface area contributed by atoms with Gasteiger partial charge in [0.2, 0.25) is 0 Å². The number of aliphatic carboxylic acids is 1. The van der Waals surface area contributed by atoms with Crippen molar-refractivity contribution >= 4 is 37.5 Å². The summed E-state index contributed by atoms with van der Waals surface area (Å²) in [5.41, 5.74) is 11.5. The van der Waals surface area contributed by atoms with E-state index in [-0.39, 0.29) is 44.6 Å². The lowest BCUT2D eigenvalue weighted by Crippen LogP contribution is -2.40. The van der Waals surface area contributed by atoms with Crippen molar-refractivity contribution in [2.24, 2.45) is 11.5 Å². The number of allylic oxidation sites excluding steroid dienone is 7. The molecule has 0 bridgehead atoms. The molecule has 0 amide bonds. The smallest absolute Gasteiger partial charge is 0.472 e. The number of ether oxygens (including phenoxy) is 2. The SMILES string of the molecule is CCCCC/C=C\C\C=C/C=C/C=C/[C@@H](SC[C@H](N)C(=O)O[C@H](COC(=O)CCCCCCCCCCCCC)COP(=O)(O)OCCN)[C@@H](O)CCCC(=O)O. The Labute approximate surface area is 347 Å². The maximum absolute atomic E-state index is 13.1. The van der Waals surface area contributed by atoms with Gasteiger partial charge in [0, 0.05) is 30.4 Å². The molecule has 0 rings (SSSR count). The molecular weight excluding hydrogens is 772 g/mol. The molecule has 0 aromatic carbocycles. The summed E-state index contributed by atoms with van der Waals surface area (Å²) in [6.07, 6.45) is 31.9. The number of phosphoric ester groups is 1. The quantitative estimate of drug-likeness (QED) is 0.0129. The van der Waals surface area contributed by atoms with Gasteiger partial charge in [-0.1, -0.05) is 140 Å². The number of carboxylic acids is 1. The predicted molar refractivity (Wildman–Crippen MR) is 230 cm³/mol. The van der Waals surface area contributed by atoms with Gasteiger partial charge in [-0.05, 0) is 38.5 Å². The van der Waals surface area contributed by atoms with E-state index < -0.39 is 62.4 Å². The van der Waals surface area contributed by atoms with Crippen LogP contribution in [0.3, 0.4) is 0 Å². The first-order valence-electron chi connectivity index (χ1n) is 21.1. The van der Waals surface area contributed by atoms with Crippen LogP contribution in [0, 0.1) is 0 Å². The summed E-state index contributed by atoms with van der Waals surface area (Å²) in [7, 11) is -4.53. The number of aliphatic hydroxyl groups excluding tert-OH is 1. The first-order valence-corrected chi connectivity index (χ1v) is 23.6. The van der Waals surface area contributed by atoms with E-state index in [0.29, 0.717) is 6.42 Å². The third-order valence-electron chi connectivity index (χ3n) is 8.72. The Balaban J connectivity index is 5.20. The van der Waals surface area contributed by atoms with Crippen LogP contribution < -0.4 is 11.5 Å². The van der Waals surface area contributed by atoms with Crippen LogP contribution in [0.4, 0.5) is 0 Å². The number of esters is 2. The molecule has 7 N–H and O–H groups in total. The highest BCUT2D eigenvalue weighted by atomic mass is 32.2. The third kappa shape index (κ3) is 35.4. The molecule has 13 nitrogen and oxygen atoms in total. The highest BCUT2D eigenvalue weighted by Crippen LogP contribution is 2.43. The second kappa shape index (κ2) is 37.9. The number of unbranched alkanes of at least 4 members (excludes halogenated alkanes) is 13. The summed E-state index contributed by atoms with van der Waals surface area (Å²) in [5.74, 6) is -2.31. The maximum Gasteiger partial charge on any atom is 0.472 e. The molecule has 0 aromatic rings. The summed E-state index contributed by atoms with van der Waals surface area (Å²) in [6.45, 7) is 3.09. The molecule has 15 heteroatoms. The van der Waals surface area contributed by atoms with E-state index in [1.165, 1.54) is 76.0 Å². The molecule has 5 atom stereocenters. The first-order chi connectivity index (χ1) is 27.4. The number of phosphoric acid groups is 1. The monoisotopic (exact) mass is 846 g/mol. The third-order valence-corrected chi connectivity index (χ3v) is 11.1. The van der Waals surface area contributed by atoms with Crippen LogP contribution in [0.15, 0.2) is 48.6 Å². The van der Waals surface area contributed by atoms with Crippen LogP contribution in [-0.4, -0.2) is 88.6 Å². The molecule has 0 heterocycles. The van der Waals surface area contributed by atoms with E-state index in [0.717, 1.165) is 32.1 Å². The molecule has 0 aliphatic carbocycles. The minimum atomic E-state index is -4.53. The molecule has 0 radical (unpaired) electrons. The van der Waals surface area contributed by atoms with Crippen LogP contribution in [0.2, 0.25) is 0 Å². The van der Waals surface area contributed by atoms with Crippen molar-refractivity contribution in [1.82, 2.24) is 0 Å². The number of hydrogen-bond acceptors (Lipinski definition) is 12. The average Bonchev–Trinajstić information content (AvgIpc) is 3.18. The summed E-state index contributed by atoms with van der Waals surface area (Å²) in [6, 6.07) is -1.19. The van der Waals surface area contributed by atoms with Crippen LogP contribution in [0.25, 0.3) is 0 Å². The molecule has 0 saturated heterocycles. The number of carbonyl (C=O) groups is 3. The minimum Gasteiger partial charge on any atom is -0.481 e. The van der Waals surface area contributed by atoms with Gasteiger partial charge in [-0.2, -0.15) is 0 Å². The Hall–Kier alpha value is -2.29. The Morgan fingerprint density at radius 3 is 2.05 bits per heavy atom. The molecule has 0 fully saturated rings. The summed E-state index contributed by atoms with van der Waals surface area (Å²) in [4.78, 5) is 46.6. The molecule has 1 unspecified atom stereocenters. The topological polar surface area (TPSA) is 218 Å². The zero-order valence-corrected chi connectivity index (χ0v) is 36.4.